The second kappa shape index (κ2) is 7.70. The van der Waals surface area contributed by atoms with Crippen molar-refractivity contribution in [1.82, 2.24) is 15.5 Å². The van der Waals surface area contributed by atoms with Crippen LogP contribution in [-0.2, 0) is 0 Å². The molecule has 0 aliphatic heterocycles. The number of hydrogen-bond donors (Lipinski definition) is 3. The smallest absolute Gasteiger partial charge is 0.255 e. The fourth-order valence-corrected chi connectivity index (χ4v) is 2.87. The molecular weight excluding hydrogens is 361 g/mol. The third kappa shape index (κ3) is 4.02. The summed E-state index contributed by atoms with van der Waals surface area (Å²) in [4.78, 5) is 12.5. The number of H-pyrrole nitrogens is 1. The quantitative estimate of drug-likeness (QED) is 0.633. The van der Waals surface area contributed by atoms with Gasteiger partial charge in [-0.25, -0.2) is 0 Å². The van der Waals surface area contributed by atoms with Crippen molar-refractivity contribution in [2.75, 3.05) is 6.54 Å². The molecule has 1 amide bonds. The molecule has 3 N–H and O–H groups in total. The van der Waals surface area contributed by atoms with Crippen molar-refractivity contribution in [3.05, 3.63) is 75.9 Å². The van der Waals surface area contributed by atoms with E-state index < -0.39 is 6.10 Å². The molecule has 0 saturated heterocycles. The lowest BCUT2D eigenvalue weighted by molar-refractivity contribution is 0.0917. The maximum Gasteiger partial charge on any atom is 0.255 e. The lowest BCUT2D eigenvalue weighted by Gasteiger charge is -2.13. The molecule has 1 aromatic heterocycles. The zero-order valence-corrected chi connectivity index (χ0v) is 14.6. The Morgan fingerprint density at radius 2 is 2.00 bits per heavy atom. The number of aliphatic hydroxyl groups is 1. The van der Waals surface area contributed by atoms with Crippen LogP contribution in [0.15, 0.2) is 54.7 Å². The fraction of sp³-hybridized carbons (Fsp3) is 0.111. The summed E-state index contributed by atoms with van der Waals surface area (Å²) in [5.41, 5.74) is 2.19. The molecule has 0 aliphatic carbocycles. The number of carbonyl (C=O) groups is 1. The number of rotatable bonds is 5. The van der Waals surface area contributed by atoms with Crippen molar-refractivity contribution < 1.29 is 9.90 Å². The molecule has 3 rings (SSSR count). The zero-order chi connectivity index (χ0) is 17.8. The number of benzene rings is 2. The minimum atomic E-state index is -0.863. The van der Waals surface area contributed by atoms with Gasteiger partial charge in [-0.3, -0.25) is 9.89 Å². The largest absolute Gasteiger partial charge is 0.387 e. The Balaban J connectivity index is 1.73. The SMILES string of the molecule is O=C(NCC(O)c1cccc(Cl)c1)c1cn[nH]c1-c1ccccc1Cl. The van der Waals surface area contributed by atoms with Gasteiger partial charge in [-0.1, -0.05) is 53.5 Å². The Bertz CT molecular complexity index is 895. The first-order chi connectivity index (χ1) is 12.1. The van der Waals surface area contributed by atoms with Crippen LogP contribution >= 0.6 is 23.2 Å². The number of halogens is 2. The van der Waals surface area contributed by atoms with Gasteiger partial charge in [0.1, 0.15) is 0 Å². The summed E-state index contributed by atoms with van der Waals surface area (Å²) in [6.45, 7) is 0.0479. The van der Waals surface area contributed by atoms with Crippen molar-refractivity contribution in [2.45, 2.75) is 6.10 Å². The number of nitrogens with zero attached hydrogens (tertiary/aromatic N) is 1. The molecule has 1 unspecified atom stereocenters. The van der Waals surface area contributed by atoms with E-state index in [0.29, 0.717) is 32.4 Å². The molecule has 5 nitrogen and oxygen atoms in total. The predicted molar refractivity (Wildman–Crippen MR) is 97.8 cm³/mol. The number of aromatic amines is 1. The molecule has 1 atom stereocenters. The molecule has 128 valence electrons. The summed E-state index contributed by atoms with van der Waals surface area (Å²) in [6, 6.07) is 14.0. The highest BCUT2D eigenvalue weighted by atomic mass is 35.5. The summed E-state index contributed by atoms with van der Waals surface area (Å²) < 4.78 is 0. The second-order valence-electron chi connectivity index (χ2n) is 5.42. The van der Waals surface area contributed by atoms with Crippen LogP contribution in [0.5, 0.6) is 0 Å². The van der Waals surface area contributed by atoms with Crippen LogP contribution < -0.4 is 5.32 Å². The third-order valence-corrected chi connectivity index (χ3v) is 4.28. The van der Waals surface area contributed by atoms with Gasteiger partial charge in [-0.05, 0) is 23.8 Å². The zero-order valence-electron chi connectivity index (χ0n) is 13.0. The van der Waals surface area contributed by atoms with E-state index in [1.807, 2.05) is 12.1 Å². The average Bonchev–Trinajstić information content (AvgIpc) is 3.09. The highest BCUT2D eigenvalue weighted by Crippen LogP contribution is 2.28. The van der Waals surface area contributed by atoms with Crippen molar-refractivity contribution in [2.24, 2.45) is 0 Å². The molecular formula is C18H15Cl2N3O2. The molecule has 0 fully saturated rings. The lowest BCUT2D eigenvalue weighted by Crippen LogP contribution is -2.28. The highest BCUT2D eigenvalue weighted by Gasteiger charge is 2.18. The van der Waals surface area contributed by atoms with E-state index in [4.69, 9.17) is 23.2 Å². The first-order valence-electron chi connectivity index (χ1n) is 7.56. The monoisotopic (exact) mass is 375 g/mol. The van der Waals surface area contributed by atoms with E-state index in [0.717, 1.165) is 0 Å². The molecule has 7 heteroatoms. The summed E-state index contributed by atoms with van der Waals surface area (Å²) in [7, 11) is 0. The molecule has 0 saturated carbocycles. The Hall–Kier alpha value is -2.34. The molecule has 0 radical (unpaired) electrons. The van der Waals surface area contributed by atoms with Gasteiger partial charge in [0.05, 0.1) is 23.6 Å². The average molecular weight is 376 g/mol. The molecule has 1 heterocycles. The molecule has 0 bridgehead atoms. The van der Waals surface area contributed by atoms with E-state index in [-0.39, 0.29) is 12.5 Å². The highest BCUT2D eigenvalue weighted by molar-refractivity contribution is 6.33. The number of nitrogens with one attached hydrogen (secondary N) is 2. The van der Waals surface area contributed by atoms with Gasteiger partial charge in [0.25, 0.3) is 5.91 Å². The lowest BCUT2D eigenvalue weighted by atomic mass is 10.1. The Kier molecular flexibility index (Phi) is 5.38. The maximum atomic E-state index is 12.5. The molecule has 3 aromatic rings. The van der Waals surface area contributed by atoms with Gasteiger partial charge >= 0.3 is 0 Å². The van der Waals surface area contributed by atoms with E-state index >= 15 is 0 Å². The molecule has 25 heavy (non-hydrogen) atoms. The second-order valence-corrected chi connectivity index (χ2v) is 6.26. The molecule has 0 spiro atoms. The predicted octanol–water partition coefficient (Wildman–Crippen LogP) is 3.85. The maximum absolute atomic E-state index is 12.5. The number of amides is 1. The minimum Gasteiger partial charge on any atom is -0.387 e. The normalized spacial score (nSPS) is 12.0. The van der Waals surface area contributed by atoms with Crippen LogP contribution in [0.1, 0.15) is 22.0 Å². The van der Waals surface area contributed by atoms with Crippen molar-refractivity contribution >= 4 is 29.1 Å². The summed E-state index contributed by atoms with van der Waals surface area (Å²) >= 11 is 12.1. The first-order valence-corrected chi connectivity index (χ1v) is 8.32. The van der Waals surface area contributed by atoms with Gasteiger partial charge < -0.3 is 10.4 Å². The summed E-state index contributed by atoms with van der Waals surface area (Å²) in [5.74, 6) is -0.357. The van der Waals surface area contributed by atoms with Crippen molar-refractivity contribution in [1.29, 1.82) is 0 Å². The molecule has 2 aromatic carbocycles. The van der Waals surface area contributed by atoms with Crippen LogP contribution in [-0.4, -0.2) is 27.8 Å². The first kappa shape index (κ1) is 17.5. The van der Waals surface area contributed by atoms with Crippen molar-refractivity contribution in [3.63, 3.8) is 0 Å². The number of aliphatic hydroxyl groups excluding tert-OH is 1. The van der Waals surface area contributed by atoms with E-state index in [2.05, 4.69) is 15.5 Å². The van der Waals surface area contributed by atoms with Gasteiger partial charge in [0.15, 0.2) is 0 Å². The fourth-order valence-electron chi connectivity index (χ4n) is 2.44. The number of aromatic nitrogens is 2. The Labute approximate surface area is 154 Å². The number of hydrogen-bond acceptors (Lipinski definition) is 3. The standard InChI is InChI=1S/C18H15Cl2N3O2/c19-12-5-3-4-11(8-12)16(24)10-21-18(25)14-9-22-23-17(14)13-6-1-2-7-15(13)20/h1-9,16,24H,10H2,(H,21,25)(H,22,23). The van der Waals surface area contributed by atoms with Crippen LogP contribution in [0, 0.1) is 0 Å². The van der Waals surface area contributed by atoms with Gasteiger partial charge in [-0.2, -0.15) is 5.10 Å². The molecule has 0 aliphatic rings. The van der Waals surface area contributed by atoms with Gasteiger partial charge in [0, 0.05) is 22.2 Å². The van der Waals surface area contributed by atoms with E-state index in [9.17, 15) is 9.90 Å². The van der Waals surface area contributed by atoms with Crippen LogP contribution in [0.25, 0.3) is 11.3 Å². The van der Waals surface area contributed by atoms with Crippen molar-refractivity contribution in [3.8, 4) is 11.3 Å². The summed E-state index contributed by atoms with van der Waals surface area (Å²) in [5, 5.41) is 20.7. The van der Waals surface area contributed by atoms with Crippen LogP contribution in [0.3, 0.4) is 0 Å². The summed E-state index contributed by atoms with van der Waals surface area (Å²) in [6.07, 6.45) is 0.568. The third-order valence-electron chi connectivity index (χ3n) is 3.72. The Morgan fingerprint density at radius 1 is 1.20 bits per heavy atom. The van der Waals surface area contributed by atoms with E-state index in [1.54, 1.807) is 36.4 Å². The Morgan fingerprint density at radius 3 is 2.76 bits per heavy atom. The number of carbonyl (C=O) groups excluding carboxylic acids is 1. The topological polar surface area (TPSA) is 78.0 Å². The minimum absolute atomic E-state index is 0.0479. The van der Waals surface area contributed by atoms with Crippen LogP contribution in [0.4, 0.5) is 0 Å². The van der Waals surface area contributed by atoms with Gasteiger partial charge in [-0.15, -0.1) is 0 Å². The van der Waals surface area contributed by atoms with E-state index in [1.165, 1.54) is 6.20 Å². The van der Waals surface area contributed by atoms with Crippen LogP contribution in [0.2, 0.25) is 10.0 Å². The van der Waals surface area contributed by atoms with Gasteiger partial charge in [0.2, 0.25) is 0 Å².